The molecule has 1 saturated heterocycles. The van der Waals surface area contributed by atoms with Gasteiger partial charge in [0.2, 0.25) is 5.95 Å². The molecule has 5 nitrogen and oxygen atoms in total. The van der Waals surface area contributed by atoms with Crippen LogP contribution in [0, 0.1) is 11.6 Å². The van der Waals surface area contributed by atoms with Gasteiger partial charge in [-0.25, -0.2) is 18.7 Å². The van der Waals surface area contributed by atoms with Crippen molar-refractivity contribution in [1.29, 1.82) is 0 Å². The molecule has 0 saturated carbocycles. The third-order valence-electron chi connectivity index (χ3n) is 4.02. The molecule has 0 radical (unpaired) electrons. The van der Waals surface area contributed by atoms with Gasteiger partial charge >= 0.3 is 0 Å². The molecule has 2 aromatic rings. The van der Waals surface area contributed by atoms with Gasteiger partial charge in [-0.2, -0.15) is 0 Å². The fourth-order valence-electron chi connectivity index (χ4n) is 2.59. The zero-order valence-electron chi connectivity index (χ0n) is 13.9. The van der Waals surface area contributed by atoms with Crippen molar-refractivity contribution >= 4 is 18.4 Å². The van der Waals surface area contributed by atoms with Crippen molar-refractivity contribution in [2.24, 2.45) is 0 Å². The maximum atomic E-state index is 13.8. The zero-order chi connectivity index (χ0) is 16.9. The summed E-state index contributed by atoms with van der Waals surface area (Å²) in [6, 6.07) is 3.15. The minimum absolute atomic E-state index is 0. The summed E-state index contributed by atoms with van der Waals surface area (Å²) < 4.78 is 32.3. The van der Waals surface area contributed by atoms with E-state index in [0.29, 0.717) is 31.3 Å². The van der Waals surface area contributed by atoms with Crippen LogP contribution in [0.5, 0.6) is 0 Å². The van der Waals surface area contributed by atoms with E-state index in [9.17, 15) is 8.78 Å². The molecular weight excluding hydrogens is 350 g/mol. The van der Waals surface area contributed by atoms with Gasteiger partial charge in [0.05, 0.1) is 13.2 Å². The second-order valence-corrected chi connectivity index (χ2v) is 5.76. The summed E-state index contributed by atoms with van der Waals surface area (Å²) in [4.78, 5) is 10.8. The average Bonchev–Trinajstić information content (AvgIpc) is 2.63. The van der Waals surface area contributed by atoms with Gasteiger partial charge in [0, 0.05) is 49.2 Å². The highest BCUT2D eigenvalue weighted by molar-refractivity contribution is 5.85. The van der Waals surface area contributed by atoms with Crippen LogP contribution in [0.3, 0.4) is 0 Å². The molecule has 136 valence electrons. The number of morpholine rings is 1. The van der Waals surface area contributed by atoms with Gasteiger partial charge in [0.1, 0.15) is 11.6 Å². The molecule has 1 fully saturated rings. The van der Waals surface area contributed by atoms with E-state index in [2.05, 4.69) is 20.2 Å². The van der Waals surface area contributed by atoms with Crippen molar-refractivity contribution in [2.45, 2.75) is 19.5 Å². The van der Waals surface area contributed by atoms with Crippen LogP contribution in [-0.4, -0.2) is 36.3 Å². The van der Waals surface area contributed by atoms with Crippen molar-refractivity contribution < 1.29 is 13.5 Å². The van der Waals surface area contributed by atoms with Crippen LogP contribution in [0.15, 0.2) is 30.6 Å². The lowest BCUT2D eigenvalue weighted by Crippen LogP contribution is -2.37. The molecule has 1 aromatic carbocycles. The van der Waals surface area contributed by atoms with E-state index in [1.165, 1.54) is 6.07 Å². The highest BCUT2D eigenvalue weighted by Crippen LogP contribution is 2.18. The summed E-state index contributed by atoms with van der Waals surface area (Å²) in [5, 5.41) is 3.16. The molecule has 1 aliphatic rings. The highest BCUT2D eigenvalue weighted by atomic mass is 35.5. The number of aromatic nitrogens is 2. The normalized spacial score (nSPS) is 15.6. The lowest BCUT2D eigenvalue weighted by atomic mass is 10.1. The van der Waals surface area contributed by atoms with Crippen LogP contribution in [-0.2, 0) is 11.3 Å². The Morgan fingerprint density at radius 1 is 1.20 bits per heavy atom. The number of nitrogens with zero attached hydrogens (tertiary/aromatic N) is 3. The lowest BCUT2D eigenvalue weighted by Gasteiger charge is -2.26. The molecule has 1 atom stereocenters. The van der Waals surface area contributed by atoms with Gasteiger partial charge in [-0.1, -0.05) is 0 Å². The lowest BCUT2D eigenvalue weighted by molar-refractivity contribution is 0.122. The van der Waals surface area contributed by atoms with Crippen molar-refractivity contribution in [3.63, 3.8) is 0 Å². The van der Waals surface area contributed by atoms with Crippen molar-refractivity contribution in [3.8, 4) is 0 Å². The van der Waals surface area contributed by atoms with Crippen molar-refractivity contribution in [3.05, 3.63) is 53.4 Å². The number of hydrogen-bond donors (Lipinski definition) is 1. The fourth-order valence-corrected chi connectivity index (χ4v) is 2.59. The second kappa shape index (κ2) is 9.03. The summed E-state index contributed by atoms with van der Waals surface area (Å²) >= 11 is 0. The Labute approximate surface area is 151 Å². The smallest absolute Gasteiger partial charge is 0.225 e. The fraction of sp³-hybridized carbons (Fsp3) is 0.412. The van der Waals surface area contributed by atoms with Gasteiger partial charge in [-0.15, -0.1) is 12.4 Å². The molecule has 3 rings (SSSR count). The molecule has 0 amide bonds. The number of anilines is 1. The van der Waals surface area contributed by atoms with Gasteiger partial charge in [0.25, 0.3) is 0 Å². The topological polar surface area (TPSA) is 50.3 Å². The number of nitrogens with one attached hydrogen (secondary N) is 1. The van der Waals surface area contributed by atoms with E-state index < -0.39 is 11.6 Å². The number of benzene rings is 1. The van der Waals surface area contributed by atoms with E-state index >= 15 is 0 Å². The third kappa shape index (κ3) is 5.07. The Kier molecular flexibility index (Phi) is 7.04. The first-order valence-electron chi connectivity index (χ1n) is 7.95. The van der Waals surface area contributed by atoms with Crippen LogP contribution in [0.1, 0.15) is 24.1 Å². The SMILES string of the molecule is CC(NCc1cnc(N2CCOCC2)nc1)c1cc(F)ccc1F.Cl. The minimum Gasteiger partial charge on any atom is -0.378 e. The predicted octanol–water partition coefficient (Wildman–Crippen LogP) is 2.86. The summed E-state index contributed by atoms with van der Waals surface area (Å²) in [6.07, 6.45) is 3.50. The minimum atomic E-state index is -0.446. The average molecular weight is 371 g/mol. The second-order valence-electron chi connectivity index (χ2n) is 5.76. The predicted molar refractivity (Wildman–Crippen MR) is 93.9 cm³/mol. The molecule has 2 heterocycles. The zero-order valence-corrected chi connectivity index (χ0v) is 14.7. The number of hydrogen-bond acceptors (Lipinski definition) is 5. The van der Waals surface area contributed by atoms with Gasteiger partial charge in [0.15, 0.2) is 0 Å². The van der Waals surface area contributed by atoms with Gasteiger partial charge < -0.3 is 15.0 Å². The van der Waals surface area contributed by atoms with E-state index in [1.54, 1.807) is 19.3 Å². The number of rotatable bonds is 5. The summed E-state index contributed by atoms with van der Waals surface area (Å²) in [7, 11) is 0. The quantitative estimate of drug-likeness (QED) is 0.877. The van der Waals surface area contributed by atoms with Crippen LogP contribution < -0.4 is 10.2 Å². The first kappa shape index (κ1) is 19.5. The molecule has 1 aromatic heterocycles. The standard InChI is InChI=1S/C17H20F2N4O.ClH/c1-12(15-8-14(18)2-3-16(15)19)20-9-13-10-21-17(22-11-13)23-4-6-24-7-5-23;/h2-3,8,10-12,20H,4-7,9H2,1H3;1H. The summed E-state index contributed by atoms with van der Waals surface area (Å²) in [6.45, 7) is 5.20. The Morgan fingerprint density at radius 3 is 2.56 bits per heavy atom. The molecule has 0 bridgehead atoms. The van der Waals surface area contributed by atoms with Crippen LogP contribution in [0.4, 0.5) is 14.7 Å². The molecular formula is C17H21ClF2N4O. The monoisotopic (exact) mass is 370 g/mol. The summed E-state index contributed by atoms with van der Waals surface area (Å²) in [5.74, 6) is -0.181. The highest BCUT2D eigenvalue weighted by Gasteiger charge is 2.14. The maximum Gasteiger partial charge on any atom is 0.225 e. The van der Waals surface area contributed by atoms with Gasteiger partial charge in [-0.3, -0.25) is 0 Å². The third-order valence-corrected chi connectivity index (χ3v) is 4.02. The van der Waals surface area contributed by atoms with Crippen molar-refractivity contribution in [2.75, 3.05) is 31.2 Å². The Morgan fingerprint density at radius 2 is 1.88 bits per heavy atom. The van der Waals surface area contributed by atoms with E-state index in [0.717, 1.165) is 30.8 Å². The van der Waals surface area contributed by atoms with Gasteiger partial charge in [-0.05, 0) is 25.1 Å². The van der Waals surface area contributed by atoms with E-state index in [-0.39, 0.29) is 18.4 Å². The Hall–Kier alpha value is -1.83. The molecule has 25 heavy (non-hydrogen) atoms. The Balaban J connectivity index is 0.00000225. The van der Waals surface area contributed by atoms with Crippen LogP contribution >= 0.6 is 12.4 Å². The largest absolute Gasteiger partial charge is 0.378 e. The van der Waals surface area contributed by atoms with Crippen LogP contribution in [0.2, 0.25) is 0 Å². The molecule has 1 N–H and O–H groups in total. The summed E-state index contributed by atoms with van der Waals surface area (Å²) in [5.41, 5.74) is 1.19. The number of ether oxygens (including phenoxy) is 1. The Bertz CT molecular complexity index is 681. The molecule has 1 aliphatic heterocycles. The van der Waals surface area contributed by atoms with Crippen molar-refractivity contribution in [1.82, 2.24) is 15.3 Å². The maximum absolute atomic E-state index is 13.8. The van der Waals surface area contributed by atoms with E-state index in [1.807, 2.05) is 0 Å². The molecule has 0 aliphatic carbocycles. The molecule has 0 spiro atoms. The van der Waals surface area contributed by atoms with E-state index in [4.69, 9.17) is 4.74 Å². The number of halogens is 3. The van der Waals surface area contributed by atoms with Crippen LogP contribution in [0.25, 0.3) is 0 Å². The first-order valence-corrected chi connectivity index (χ1v) is 7.95. The molecule has 8 heteroatoms. The first-order chi connectivity index (χ1) is 11.6. The molecule has 1 unspecified atom stereocenters.